The third kappa shape index (κ3) is 2.12. The van der Waals surface area contributed by atoms with Crippen molar-refractivity contribution in [3.8, 4) is 6.07 Å². The predicted molar refractivity (Wildman–Crippen MR) is 81.2 cm³/mol. The molecule has 0 aliphatic carbocycles. The number of hydrogen-bond acceptors (Lipinski definition) is 2. The quantitative estimate of drug-likeness (QED) is 0.735. The number of hydrogen-bond donors (Lipinski definition) is 1. The second-order valence-corrected chi connectivity index (χ2v) is 4.81. The lowest BCUT2D eigenvalue weighted by atomic mass is 10.1. The van der Waals surface area contributed by atoms with Crippen LogP contribution in [0.1, 0.15) is 11.1 Å². The second-order valence-electron chi connectivity index (χ2n) is 4.81. The fraction of sp³-hybridized carbons (Fsp3) is 0.118. The Kier molecular flexibility index (Phi) is 3.14. The Hall–Kier alpha value is -2.73. The van der Waals surface area contributed by atoms with Crippen LogP contribution in [-0.2, 0) is 13.0 Å². The number of rotatable bonds is 3. The lowest BCUT2D eigenvalue weighted by Gasteiger charge is -2.08. The van der Waals surface area contributed by atoms with E-state index in [1.807, 2.05) is 48.7 Å². The van der Waals surface area contributed by atoms with Crippen LogP contribution in [0.4, 0.5) is 5.69 Å². The fourth-order valence-electron chi connectivity index (χ4n) is 2.52. The second kappa shape index (κ2) is 5.10. The Morgan fingerprint density at radius 3 is 2.70 bits per heavy atom. The first-order chi connectivity index (χ1) is 9.79. The van der Waals surface area contributed by atoms with E-state index in [2.05, 4.69) is 16.7 Å². The zero-order valence-electron chi connectivity index (χ0n) is 11.1. The van der Waals surface area contributed by atoms with E-state index in [1.54, 1.807) is 0 Å². The van der Waals surface area contributed by atoms with Crippen LogP contribution in [0.15, 0.2) is 54.7 Å². The summed E-state index contributed by atoms with van der Waals surface area (Å²) in [5.74, 6) is 0. The minimum atomic E-state index is 0.723. The molecule has 3 aromatic rings. The highest BCUT2D eigenvalue weighted by molar-refractivity contribution is 5.85. The first kappa shape index (κ1) is 12.3. The first-order valence-electron chi connectivity index (χ1n) is 6.61. The molecule has 2 N–H and O–H groups in total. The molecule has 0 fully saturated rings. The maximum atomic E-state index is 9.11. The molecule has 3 rings (SSSR count). The summed E-state index contributed by atoms with van der Waals surface area (Å²) in [5.41, 5.74) is 9.78. The van der Waals surface area contributed by atoms with Crippen molar-refractivity contribution in [2.45, 2.75) is 13.0 Å². The molecule has 0 spiro atoms. The average Bonchev–Trinajstić information content (AvgIpc) is 2.89. The van der Waals surface area contributed by atoms with Crippen molar-refractivity contribution < 1.29 is 0 Å². The molecular weight excluding hydrogens is 246 g/mol. The van der Waals surface area contributed by atoms with Gasteiger partial charge < -0.3 is 10.3 Å². The van der Waals surface area contributed by atoms with Gasteiger partial charge in [0.2, 0.25) is 0 Å². The molecule has 3 heteroatoms. The van der Waals surface area contributed by atoms with Gasteiger partial charge in [-0.3, -0.25) is 0 Å². The zero-order valence-corrected chi connectivity index (χ0v) is 11.1. The van der Waals surface area contributed by atoms with Crippen molar-refractivity contribution in [3.05, 3.63) is 65.9 Å². The summed E-state index contributed by atoms with van der Waals surface area (Å²) in [4.78, 5) is 0. The van der Waals surface area contributed by atoms with E-state index < -0.39 is 0 Å². The van der Waals surface area contributed by atoms with Crippen LogP contribution in [0.5, 0.6) is 0 Å². The highest BCUT2D eigenvalue weighted by atomic mass is 14.9. The third-order valence-electron chi connectivity index (χ3n) is 3.61. The average molecular weight is 261 g/mol. The number of nitrogens with two attached hydrogens (primary N) is 1. The molecule has 0 radical (unpaired) electrons. The summed E-state index contributed by atoms with van der Waals surface area (Å²) in [6.07, 6.45) is 2.91. The summed E-state index contributed by atoms with van der Waals surface area (Å²) >= 11 is 0. The van der Waals surface area contributed by atoms with Gasteiger partial charge in [-0.05, 0) is 36.2 Å². The van der Waals surface area contributed by atoms with Crippen LogP contribution in [-0.4, -0.2) is 4.57 Å². The van der Waals surface area contributed by atoms with Gasteiger partial charge in [-0.25, -0.2) is 0 Å². The van der Waals surface area contributed by atoms with E-state index in [0.29, 0.717) is 0 Å². The number of benzene rings is 2. The maximum absolute atomic E-state index is 9.11. The molecule has 0 aliphatic rings. The van der Waals surface area contributed by atoms with Gasteiger partial charge in [-0.15, -0.1) is 0 Å². The van der Waals surface area contributed by atoms with Crippen LogP contribution in [0, 0.1) is 11.3 Å². The van der Waals surface area contributed by atoms with Gasteiger partial charge in [-0.2, -0.15) is 5.26 Å². The number of anilines is 1. The number of fused-ring (bicyclic) bond motifs is 1. The van der Waals surface area contributed by atoms with Crippen LogP contribution in [0.25, 0.3) is 10.9 Å². The molecule has 1 aromatic heterocycles. The number of nitrogens with zero attached hydrogens (tertiary/aromatic N) is 2. The third-order valence-corrected chi connectivity index (χ3v) is 3.61. The molecule has 1 heterocycles. The fourth-order valence-corrected chi connectivity index (χ4v) is 2.52. The van der Waals surface area contributed by atoms with Crippen molar-refractivity contribution >= 4 is 16.6 Å². The summed E-state index contributed by atoms with van der Waals surface area (Å²) in [5, 5.41) is 10.1. The maximum Gasteiger partial charge on any atom is 0.0998 e. The summed E-state index contributed by atoms with van der Waals surface area (Å²) in [6.45, 7) is 0.854. The van der Waals surface area contributed by atoms with E-state index in [-0.39, 0.29) is 0 Å². The van der Waals surface area contributed by atoms with Gasteiger partial charge in [0.15, 0.2) is 0 Å². The molecule has 20 heavy (non-hydrogen) atoms. The van der Waals surface area contributed by atoms with Gasteiger partial charge in [0, 0.05) is 29.3 Å². The van der Waals surface area contributed by atoms with Crippen molar-refractivity contribution in [1.82, 2.24) is 4.57 Å². The van der Waals surface area contributed by atoms with E-state index in [0.717, 1.165) is 40.7 Å². The lowest BCUT2D eigenvalue weighted by Crippen LogP contribution is -2.02. The minimum absolute atomic E-state index is 0.723. The number of aryl methyl sites for hydroxylation is 2. The molecule has 0 atom stereocenters. The van der Waals surface area contributed by atoms with Gasteiger partial charge in [0.25, 0.3) is 0 Å². The predicted octanol–water partition coefficient (Wildman–Crippen LogP) is 3.34. The van der Waals surface area contributed by atoms with Crippen molar-refractivity contribution in [3.63, 3.8) is 0 Å². The van der Waals surface area contributed by atoms with E-state index in [9.17, 15) is 0 Å². The van der Waals surface area contributed by atoms with Crippen LogP contribution >= 0.6 is 0 Å². The van der Waals surface area contributed by atoms with E-state index in [4.69, 9.17) is 11.0 Å². The molecule has 0 saturated carbocycles. The lowest BCUT2D eigenvalue weighted by molar-refractivity contribution is 0.724. The van der Waals surface area contributed by atoms with Crippen LogP contribution in [0.3, 0.4) is 0 Å². The minimum Gasteiger partial charge on any atom is -0.399 e. The normalized spacial score (nSPS) is 10.6. The zero-order chi connectivity index (χ0) is 13.9. The molecule has 2 aromatic carbocycles. The largest absolute Gasteiger partial charge is 0.399 e. The van der Waals surface area contributed by atoms with Crippen LogP contribution in [0.2, 0.25) is 0 Å². The van der Waals surface area contributed by atoms with Crippen LogP contribution < -0.4 is 5.73 Å². The number of nitrogen functional groups attached to an aromatic ring is 1. The summed E-state index contributed by atoms with van der Waals surface area (Å²) < 4.78 is 2.17. The highest BCUT2D eigenvalue weighted by Crippen LogP contribution is 2.21. The number of aromatic nitrogens is 1. The summed E-state index contributed by atoms with van der Waals surface area (Å²) in [6, 6.07) is 18.0. The topological polar surface area (TPSA) is 54.7 Å². The molecule has 0 saturated heterocycles. The Morgan fingerprint density at radius 2 is 1.90 bits per heavy atom. The molecule has 98 valence electrons. The standard InChI is InChI=1S/C17H15N3/c18-12-14-5-3-7-17-15(14)9-11-20(17)10-8-13-4-1-2-6-16(13)19/h1-7,9,11H,8,10,19H2. The highest BCUT2D eigenvalue weighted by Gasteiger charge is 2.05. The Bertz CT molecular complexity index is 793. The van der Waals surface area contributed by atoms with Gasteiger partial charge >= 0.3 is 0 Å². The van der Waals surface area contributed by atoms with E-state index >= 15 is 0 Å². The molecule has 0 unspecified atom stereocenters. The van der Waals surface area contributed by atoms with Gasteiger partial charge in [-0.1, -0.05) is 24.3 Å². The number of para-hydroxylation sites is 1. The molecule has 0 amide bonds. The SMILES string of the molecule is N#Cc1cccc2c1ccn2CCc1ccccc1N. The van der Waals surface area contributed by atoms with E-state index in [1.165, 1.54) is 0 Å². The van der Waals surface area contributed by atoms with Crippen molar-refractivity contribution in [2.24, 2.45) is 0 Å². The summed E-state index contributed by atoms with van der Waals surface area (Å²) in [7, 11) is 0. The van der Waals surface area contributed by atoms with Crippen molar-refractivity contribution in [2.75, 3.05) is 5.73 Å². The Morgan fingerprint density at radius 1 is 1.05 bits per heavy atom. The first-order valence-corrected chi connectivity index (χ1v) is 6.61. The molecule has 0 aliphatic heterocycles. The number of nitriles is 1. The van der Waals surface area contributed by atoms with Crippen molar-refractivity contribution in [1.29, 1.82) is 5.26 Å². The Balaban J connectivity index is 1.89. The Labute approximate surface area is 117 Å². The monoisotopic (exact) mass is 261 g/mol. The molecule has 0 bridgehead atoms. The van der Waals surface area contributed by atoms with Gasteiger partial charge in [0.05, 0.1) is 11.6 Å². The molecule has 3 nitrogen and oxygen atoms in total. The smallest absolute Gasteiger partial charge is 0.0998 e. The molecular formula is C17H15N3. The van der Waals surface area contributed by atoms with Gasteiger partial charge in [0.1, 0.15) is 0 Å².